The molecule has 18 heavy (non-hydrogen) atoms. The van der Waals surface area contributed by atoms with Crippen LogP contribution in [0.2, 0.25) is 0 Å². The number of carbonyl (C=O) groups excluding carboxylic acids is 1. The van der Waals surface area contributed by atoms with Crippen LogP contribution in [0.25, 0.3) is 0 Å². The molecule has 2 aromatic rings. The molecule has 0 saturated carbocycles. The zero-order valence-electron chi connectivity index (χ0n) is 9.54. The molecule has 3 N–H and O–H groups in total. The quantitative estimate of drug-likeness (QED) is 0.468. The predicted octanol–water partition coefficient (Wildman–Crippen LogP) is 0.659. The lowest BCUT2D eigenvalue weighted by atomic mass is 10.3. The van der Waals surface area contributed by atoms with Gasteiger partial charge in [0.2, 0.25) is 0 Å². The molecule has 2 aromatic heterocycles. The first-order chi connectivity index (χ1) is 8.79. The molecule has 0 aliphatic rings. The molecule has 0 atom stereocenters. The van der Waals surface area contributed by atoms with Crippen LogP contribution < -0.4 is 16.0 Å². The van der Waals surface area contributed by atoms with E-state index < -0.39 is 5.91 Å². The summed E-state index contributed by atoms with van der Waals surface area (Å²) in [7, 11) is 0. The average molecular weight is 244 g/mol. The second kappa shape index (κ2) is 5.74. The number of nitrogens with two attached hydrogens (primary N) is 1. The third-order valence-electron chi connectivity index (χ3n) is 2.19. The molecule has 0 bridgehead atoms. The van der Waals surface area contributed by atoms with E-state index in [1.54, 1.807) is 42.7 Å². The lowest BCUT2D eigenvalue weighted by Gasteiger charge is -2.06. The molecular weight excluding hydrogens is 232 g/mol. The smallest absolute Gasteiger partial charge is 0.283 e. The van der Waals surface area contributed by atoms with Gasteiger partial charge < -0.3 is 4.74 Å². The number of rotatable bonds is 4. The molecule has 0 fully saturated rings. The standard InChI is InChI=1S/C12H12N4O2/c13-16-12(17)11-5-1-3-9(15-11)8-18-10-4-2-6-14-7-10/h1-7H,8,13H2,(H,16,17). The molecule has 1 amide bonds. The van der Waals surface area contributed by atoms with E-state index in [1.807, 2.05) is 5.43 Å². The Labute approximate surface area is 104 Å². The van der Waals surface area contributed by atoms with Gasteiger partial charge in [-0.2, -0.15) is 0 Å². The number of hydrogen-bond donors (Lipinski definition) is 2. The maximum Gasteiger partial charge on any atom is 0.283 e. The molecule has 2 heterocycles. The molecule has 6 nitrogen and oxygen atoms in total. The zero-order valence-corrected chi connectivity index (χ0v) is 9.54. The Bertz CT molecular complexity index is 531. The fourth-order valence-electron chi connectivity index (χ4n) is 1.35. The van der Waals surface area contributed by atoms with Crippen molar-refractivity contribution in [3.8, 4) is 5.75 Å². The Morgan fingerprint density at radius 2 is 2.22 bits per heavy atom. The average Bonchev–Trinajstić information content (AvgIpc) is 2.45. The Morgan fingerprint density at radius 3 is 2.94 bits per heavy atom. The van der Waals surface area contributed by atoms with E-state index in [0.717, 1.165) is 0 Å². The first-order valence-corrected chi connectivity index (χ1v) is 5.29. The topological polar surface area (TPSA) is 90.1 Å². The summed E-state index contributed by atoms with van der Waals surface area (Å²) in [4.78, 5) is 19.3. The van der Waals surface area contributed by atoms with Crippen LogP contribution in [0.15, 0.2) is 42.7 Å². The van der Waals surface area contributed by atoms with E-state index in [9.17, 15) is 4.79 Å². The largest absolute Gasteiger partial charge is 0.486 e. The van der Waals surface area contributed by atoms with Crippen LogP contribution in [-0.2, 0) is 6.61 Å². The number of nitrogens with zero attached hydrogens (tertiary/aromatic N) is 2. The molecule has 0 aliphatic heterocycles. The van der Waals surface area contributed by atoms with E-state index in [0.29, 0.717) is 11.4 Å². The lowest BCUT2D eigenvalue weighted by Crippen LogP contribution is -2.30. The van der Waals surface area contributed by atoms with Crippen LogP contribution in [0.4, 0.5) is 0 Å². The molecular formula is C12H12N4O2. The highest BCUT2D eigenvalue weighted by Gasteiger charge is 2.06. The Balaban J connectivity index is 2.04. The van der Waals surface area contributed by atoms with Crippen LogP contribution in [0.1, 0.15) is 16.2 Å². The van der Waals surface area contributed by atoms with Crippen LogP contribution in [-0.4, -0.2) is 15.9 Å². The van der Waals surface area contributed by atoms with Gasteiger partial charge in [0.1, 0.15) is 18.1 Å². The SMILES string of the molecule is NNC(=O)c1cccc(COc2cccnc2)n1. The van der Waals surface area contributed by atoms with Gasteiger partial charge in [0.15, 0.2) is 0 Å². The Hall–Kier alpha value is -2.47. The first kappa shape index (κ1) is 12.0. The Morgan fingerprint density at radius 1 is 1.33 bits per heavy atom. The van der Waals surface area contributed by atoms with Crippen molar-refractivity contribution in [3.63, 3.8) is 0 Å². The molecule has 0 aromatic carbocycles. The fraction of sp³-hybridized carbons (Fsp3) is 0.0833. The number of aromatic nitrogens is 2. The third-order valence-corrected chi connectivity index (χ3v) is 2.19. The summed E-state index contributed by atoms with van der Waals surface area (Å²) in [5.74, 6) is 5.25. The zero-order chi connectivity index (χ0) is 12.8. The third kappa shape index (κ3) is 3.02. The highest BCUT2D eigenvalue weighted by Crippen LogP contribution is 2.09. The van der Waals surface area contributed by atoms with Gasteiger partial charge in [-0.25, -0.2) is 10.8 Å². The summed E-state index contributed by atoms with van der Waals surface area (Å²) in [6, 6.07) is 8.64. The maximum absolute atomic E-state index is 11.3. The van der Waals surface area contributed by atoms with Crippen molar-refractivity contribution >= 4 is 5.91 Å². The van der Waals surface area contributed by atoms with Gasteiger partial charge in [-0.3, -0.25) is 15.2 Å². The number of nitrogen functional groups attached to an aromatic ring is 1. The van der Waals surface area contributed by atoms with Crippen molar-refractivity contribution in [3.05, 3.63) is 54.1 Å². The van der Waals surface area contributed by atoms with Crippen LogP contribution in [0.3, 0.4) is 0 Å². The molecule has 0 spiro atoms. The predicted molar refractivity (Wildman–Crippen MR) is 64.5 cm³/mol. The fourth-order valence-corrected chi connectivity index (χ4v) is 1.35. The molecule has 6 heteroatoms. The minimum Gasteiger partial charge on any atom is -0.486 e. The van der Waals surface area contributed by atoms with Crippen molar-refractivity contribution in [2.45, 2.75) is 6.61 Å². The number of ether oxygens (including phenoxy) is 1. The van der Waals surface area contributed by atoms with Crippen LogP contribution >= 0.6 is 0 Å². The first-order valence-electron chi connectivity index (χ1n) is 5.29. The number of amides is 1. The summed E-state index contributed by atoms with van der Waals surface area (Å²) in [6.45, 7) is 0.261. The van der Waals surface area contributed by atoms with E-state index in [1.165, 1.54) is 0 Å². The van der Waals surface area contributed by atoms with E-state index in [2.05, 4.69) is 9.97 Å². The summed E-state index contributed by atoms with van der Waals surface area (Å²) >= 11 is 0. The highest BCUT2D eigenvalue weighted by molar-refractivity contribution is 5.91. The number of pyridine rings is 2. The second-order valence-corrected chi connectivity index (χ2v) is 3.47. The van der Waals surface area contributed by atoms with Gasteiger partial charge in [-0.05, 0) is 24.3 Å². The van der Waals surface area contributed by atoms with Gasteiger partial charge in [0.25, 0.3) is 5.91 Å². The number of carbonyl (C=O) groups is 1. The maximum atomic E-state index is 11.3. The molecule has 0 radical (unpaired) electrons. The molecule has 0 aliphatic carbocycles. The Kier molecular flexibility index (Phi) is 3.83. The summed E-state index contributed by atoms with van der Waals surface area (Å²) in [5, 5.41) is 0. The van der Waals surface area contributed by atoms with Crippen LogP contribution in [0, 0.1) is 0 Å². The van der Waals surface area contributed by atoms with E-state index >= 15 is 0 Å². The minimum atomic E-state index is -0.432. The van der Waals surface area contributed by atoms with Crippen molar-refractivity contribution in [1.29, 1.82) is 0 Å². The van der Waals surface area contributed by atoms with Crippen LogP contribution in [0.5, 0.6) is 5.75 Å². The normalized spacial score (nSPS) is 9.83. The molecule has 0 unspecified atom stereocenters. The minimum absolute atomic E-state index is 0.254. The summed E-state index contributed by atoms with van der Waals surface area (Å²) in [5.41, 5.74) is 2.92. The molecule has 0 saturated heterocycles. The number of hydrogen-bond acceptors (Lipinski definition) is 5. The van der Waals surface area contributed by atoms with Crippen molar-refractivity contribution in [2.75, 3.05) is 0 Å². The number of nitrogens with one attached hydrogen (secondary N) is 1. The van der Waals surface area contributed by atoms with Gasteiger partial charge in [0, 0.05) is 6.20 Å². The van der Waals surface area contributed by atoms with Gasteiger partial charge in [-0.15, -0.1) is 0 Å². The molecule has 92 valence electrons. The monoisotopic (exact) mass is 244 g/mol. The van der Waals surface area contributed by atoms with Gasteiger partial charge in [0.05, 0.1) is 11.9 Å². The van der Waals surface area contributed by atoms with Crippen molar-refractivity contribution in [1.82, 2.24) is 15.4 Å². The second-order valence-electron chi connectivity index (χ2n) is 3.47. The van der Waals surface area contributed by atoms with Gasteiger partial charge in [-0.1, -0.05) is 6.07 Å². The summed E-state index contributed by atoms with van der Waals surface area (Å²) < 4.78 is 5.47. The highest BCUT2D eigenvalue weighted by atomic mass is 16.5. The number of hydrazine groups is 1. The van der Waals surface area contributed by atoms with Gasteiger partial charge >= 0.3 is 0 Å². The molecule has 2 rings (SSSR count). The lowest BCUT2D eigenvalue weighted by molar-refractivity contribution is 0.0948. The van der Waals surface area contributed by atoms with Crippen molar-refractivity contribution in [2.24, 2.45) is 5.84 Å². The van der Waals surface area contributed by atoms with E-state index in [4.69, 9.17) is 10.6 Å². The van der Waals surface area contributed by atoms with Crippen molar-refractivity contribution < 1.29 is 9.53 Å². The summed E-state index contributed by atoms with van der Waals surface area (Å²) in [6.07, 6.45) is 3.27. The van der Waals surface area contributed by atoms with E-state index in [-0.39, 0.29) is 12.3 Å².